The summed E-state index contributed by atoms with van der Waals surface area (Å²) in [6, 6.07) is 0. The van der Waals surface area contributed by atoms with E-state index in [1.54, 1.807) is 0 Å². The number of hydrogen-bond acceptors (Lipinski definition) is 5. The van der Waals surface area contributed by atoms with Crippen molar-refractivity contribution in [1.29, 1.82) is 0 Å². The molecule has 0 aromatic heterocycles. The molecule has 5 nitrogen and oxygen atoms in total. The lowest BCUT2D eigenvalue weighted by atomic mass is 10.0. The molecule has 0 rings (SSSR count). The van der Waals surface area contributed by atoms with Gasteiger partial charge in [-0.1, -0.05) is 6.58 Å². The van der Waals surface area contributed by atoms with Crippen LogP contribution in [-0.4, -0.2) is 46.7 Å². The number of aliphatic hydroxyl groups excluding tert-OH is 3. The standard InChI is InChI=1S/C9H16O5/c1-7(2)8(13)14-9(5-11,6-12)3-4-10/h10-12H,1,3-6H2,2H3. The van der Waals surface area contributed by atoms with E-state index in [9.17, 15) is 4.79 Å². The normalized spacial score (nSPS) is 11.1. The van der Waals surface area contributed by atoms with E-state index < -0.39 is 24.8 Å². The largest absolute Gasteiger partial charge is 0.451 e. The number of ether oxygens (including phenoxy) is 1. The summed E-state index contributed by atoms with van der Waals surface area (Å²) < 4.78 is 4.84. The quantitative estimate of drug-likeness (QED) is 0.390. The van der Waals surface area contributed by atoms with Crippen molar-refractivity contribution in [2.75, 3.05) is 19.8 Å². The monoisotopic (exact) mass is 204 g/mol. The lowest BCUT2D eigenvalue weighted by Gasteiger charge is -2.28. The van der Waals surface area contributed by atoms with Crippen LogP contribution in [0, 0.1) is 0 Å². The van der Waals surface area contributed by atoms with Crippen LogP contribution < -0.4 is 0 Å². The average Bonchev–Trinajstić information content (AvgIpc) is 2.16. The van der Waals surface area contributed by atoms with E-state index >= 15 is 0 Å². The molecule has 0 saturated heterocycles. The van der Waals surface area contributed by atoms with Gasteiger partial charge in [-0.2, -0.15) is 0 Å². The Balaban J connectivity index is 4.49. The van der Waals surface area contributed by atoms with Gasteiger partial charge in [-0.25, -0.2) is 4.79 Å². The highest BCUT2D eigenvalue weighted by molar-refractivity contribution is 5.87. The maximum absolute atomic E-state index is 11.1. The van der Waals surface area contributed by atoms with Crippen molar-refractivity contribution in [3.63, 3.8) is 0 Å². The van der Waals surface area contributed by atoms with Crippen LogP contribution in [-0.2, 0) is 9.53 Å². The zero-order chi connectivity index (χ0) is 11.2. The van der Waals surface area contributed by atoms with Crippen LogP contribution in [0.3, 0.4) is 0 Å². The van der Waals surface area contributed by atoms with Crippen molar-refractivity contribution >= 4 is 5.97 Å². The Kier molecular flexibility index (Phi) is 5.37. The molecular weight excluding hydrogens is 188 g/mol. The van der Waals surface area contributed by atoms with Gasteiger partial charge in [0.05, 0.1) is 13.2 Å². The molecule has 0 aliphatic carbocycles. The van der Waals surface area contributed by atoms with Crippen molar-refractivity contribution in [3.05, 3.63) is 12.2 Å². The zero-order valence-electron chi connectivity index (χ0n) is 8.19. The van der Waals surface area contributed by atoms with Gasteiger partial charge in [-0.05, 0) is 6.92 Å². The smallest absolute Gasteiger partial charge is 0.333 e. The summed E-state index contributed by atoms with van der Waals surface area (Å²) in [5.41, 5.74) is -1.24. The minimum Gasteiger partial charge on any atom is -0.451 e. The maximum Gasteiger partial charge on any atom is 0.333 e. The first-order chi connectivity index (χ1) is 6.51. The summed E-state index contributed by atoms with van der Waals surface area (Å²) in [6.07, 6.45) is -0.0149. The van der Waals surface area contributed by atoms with Gasteiger partial charge in [-0.3, -0.25) is 0 Å². The highest BCUT2D eigenvalue weighted by Crippen LogP contribution is 2.16. The second kappa shape index (κ2) is 5.74. The fraction of sp³-hybridized carbons (Fsp3) is 0.667. The lowest BCUT2D eigenvalue weighted by molar-refractivity contribution is -0.167. The number of esters is 1. The Morgan fingerprint density at radius 1 is 1.36 bits per heavy atom. The summed E-state index contributed by atoms with van der Waals surface area (Å²) in [5.74, 6) is -0.693. The topological polar surface area (TPSA) is 87.0 Å². The molecule has 0 saturated carbocycles. The third-order valence-corrected chi connectivity index (χ3v) is 1.80. The molecule has 0 bridgehead atoms. The molecule has 14 heavy (non-hydrogen) atoms. The minimum absolute atomic E-state index is 0.0149. The molecule has 0 aromatic carbocycles. The molecule has 5 heteroatoms. The van der Waals surface area contributed by atoms with E-state index in [0.717, 1.165) is 0 Å². The molecule has 0 aliphatic rings. The summed E-state index contributed by atoms with van der Waals surface area (Å²) in [6.45, 7) is 3.46. The number of carbonyl (C=O) groups is 1. The van der Waals surface area contributed by atoms with Crippen molar-refractivity contribution in [3.8, 4) is 0 Å². The molecule has 0 aliphatic heterocycles. The molecule has 0 heterocycles. The summed E-state index contributed by atoms with van der Waals surface area (Å²) in [4.78, 5) is 11.1. The van der Waals surface area contributed by atoms with E-state index in [1.807, 2.05) is 0 Å². The van der Waals surface area contributed by atoms with Crippen LogP contribution in [0.4, 0.5) is 0 Å². The predicted molar refractivity (Wildman–Crippen MR) is 49.5 cm³/mol. The Hall–Kier alpha value is -0.910. The van der Waals surface area contributed by atoms with Gasteiger partial charge in [0.1, 0.15) is 0 Å². The van der Waals surface area contributed by atoms with Gasteiger partial charge in [0.25, 0.3) is 0 Å². The first-order valence-corrected chi connectivity index (χ1v) is 4.23. The number of hydrogen-bond donors (Lipinski definition) is 3. The maximum atomic E-state index is 11.1. The van der Waals surface area contributed by atoms with Crippen molar-refractivity contribution < 1.29 is 24.9 Å². The molecule has 0 fully saturated rings. The van der Waals surface area contributed by atoms with Crippen molar-refractivity contribution in [2.45, 2.75) is 18.9 Å². The van der Waals surface area contributed by atoms with Gasteiger partial charge in [0.2, 0.25) is 0 Å². The molecule has 3 N–H and O–H groups in total. The van der Waals surface area contributed by atoms with E-state index in [2.05, 4.69) is 6.58 Å². The molecule has 0 unspecified atom stereocenters. The molecule has 82 valence electrons. The minimum atomic E-state index is -1.41. The molecule has 0 radical (unpaired) electrons. The van der Waals surface area contributed by atoms with Crippen LogP contribution in [0.15, 0.2) is 12.2 Å². The van der Waals surface area contributed by atoms with Crippen molar-refractivity contribution in [1.82, 2.24) is 0 Å². The Morgan fingerprint density at radius 2 is 1.86 bits per heavy atom. The second-order valence-electron chi connectivity index (χ2n) is 3.14. The fourth-order valence-electron chi connectivity index (χ4n) is 0.811. The van der Waals surface area contributed by atoms with Gasteiger partial charge in [-0.15, -0.1) is 0 Å². The van der Waals surface area contributed by atoms with Crippen molar-refractivity contribution in [2.24, 2.45) is 0 Å². The predicted octanol–water partition coefficient (Wildman–Crippen LogP) is -0.789. The van der Waals surface area contributed by atoms with Gasteiger partial charge in [0, 0.05) is 18.6 Å². The first-order valence-electron chi connectivity index (χ1n) is 4.23. The number of rotatable bonds is 6. The molecule has 0 spiro atoms. The number of carbonyl (C=O) groups excluding carboxylic acids is 1. The van der Waals surface area contributed by atoms with Crippen LogP contribution in [0.1, 0.15) is 13.3 Å². The molecule has 0 aromatic rings. The summed E-state index contributed by atoms with van der Waals surface area (Å²) in [7, 11) is 0. The SMILES string of the molecule is C=C(C)C(=O)OC(CO)(CO)CCO. The van der Waals surface area contributed by atoms with Crippen LogP contribution >= 0.6 is 0 Å². The van der Waals surface area contributed by atoms with Gasteiger partial charge >= 0.3 is 5.97 Å². The van der Waals surface area contributed by atoms with E-state index in [1.165, 1.54) is 6.92 Å². The summed E-state index contributed by atoms with van der Waals surface area (Å²) in [5, 5.41) is 26.6. The van der Waals surface area contributed by atoms with E-state index in [-0.39, 0.29) is 18.6 Å². The Morgan fingerprint density at radius 3 is 2.14 bits per heavy atom. The Bertz CT molecular complexity index is 207. The Labute approximate surface area is 82.6 Å². The first kappa shape index (κ1) is 13.1. The molecular formula is C9H16O5. The van der Waals surface area contributed by atoms with E-state index in [4.69, 9.17) is 20.1 Å². The van der Waals surface area contributed by atoms with Gasteiger partial charge < -0.3 is 20.1 Å². The average molecular weight is 204 g/mol. The van der Waals surface area contributed by atoms with Crippen LogP contribution in [0.2, 0.25) is 0 Å². The van der Waals surface area contributed by atoms with Crippen LogP contribution in [0.25, 0.3) is 0 Å². The van der Waals surface area contributed by atoms with Gasteiger partial charge in [0.15, 0.2) is 5.60 Å². The second-order valence-corrected chi connectivity index (χ2v) is 3.14. The highest BCUT2D eigenvalue weighted by Gasteiger charge is 2.32. The lowest BCUT2D eigenvalue weighted by Crippen LogP contribution is -2.43. The summed E-state index contributed by atoms with van der Waals surface area (Å²) >= 11 is 0. The molecule has 0 atom stereocenters. The third-order valence-electron chi connectivity index (χ3n) is 1.80. The third kappa shape index (κ3) is 3.45. The number of aliphatic hydroxyl groups is 3. The van der Waals surface area contributed by atoms with E-state index in [0.29, 0.717) is 0 Å². The molecule has 0 amide bonds. The van der Waals surface area contributed by atoms with Crippen LogP contribution in [0.5, 0.6) is 0 Å². The fourth-order valence-corrected chi connectivity index (χ4v) is 0.811. The zero-order valence-corrected chi connectivity index (χ0v) is 8.19. The highest BCUT2D eigenvalue weighted by atomic mass is 16.6.